The van der Waals surface area contributed by atoms with Gasteiger partial charge in [-0.2, -0.15) is 9.97 Å². The zero-order valence-corrected chi connectivity index (χ0v) is 21.5. The predicted octanol–water partition coefficient (Wildman–Crippen LogP) is 4.32. The zero-order chi connectivity index (χ0) is 25.4. The molecule has 1 aliphatic rings. The number of carbonyl (C=O) groups excluding carboxylic acids is 1. The lowest BCUT2D eigenvalue weighted by Crippen LogP contribution is -2.32. The minimum Gasteiger partial charge on any atom is -0.338 e. The van der Waals surface area contributed by atoms with E-state index in [4.69, 9.17) is 9.97 Å². The van der Waals surface area contributed by atoms with E-state index in [0.717, 1.165) is 28.2 Å². The smallest absolute Gasteiger partial charge is 0.229 e. The van der Waals surface area contributed by atoms with Crippen molar-refractivity contribution in [2.45, 2.75) is 46.1 Å². The summed E-state index contributed by atoms with van der Waals surface area (Å²) in [7, 11) is 1.95. The Kier molecular flexibility index (Phi) is 6.07. The average Bonchev–Trinajstić information content (AvgIpc) is 3.49. The molecule has 4 aromatic rings. The van der Waals surface area contributed by atoms with Gasteiger partial charge >= 0.3 is 0 Å². The van der Waals surface area contributed by atoms with Gasteiger partial charge < -0.3 is 19.4 Å². The Labute approximate surface area is 210 Å². The van der Waals surface area contributed by atoms with E-state index < -0.39 is 0 Å². The lowest BCUT2D eigenvalue weighted by atomic mass is 9.86. The summed E-state index contributed by atoms with van der Waals surface area (Å²) in [5.41, 5.74) is 5.77. The number of imidazole rings is 2. The number of carbonyl (C=O) groups is 1. The topological polar surface area (TPSA) is 93.8 Å². The van der Waals surface area contributed by atoms with Crippen molar-refractivity contribution in [3.8, 4) is 0 Å². The Morgan fingerprint density at radius 2 is 2.00 bits per heavy atom. The van der Waals surface area contributed by atoms with E-state index in [-0.39, 0.29) is 11.2 Å². The molecule has 0 bridgehead atoms. The minimum absolute atomic E-state index is 0.0377. The quantitative estimate of drug-likeness (QED) is 0.436. The van der Waals surface area contributed by atoms with Crippen LogP contribution in [0.3, 0.4) is 0 Å². The summed E-state index contributed by atoms with van der Waals surface area (Å²) >= 11 is 0. The van der Waals surface area contributed by atoms with E-state index in [9.17, 15) is 4.79 Å². The fourth-order valence-electron chi connectivity index (χ4n) is 4.38. The van der Waals surface area contributed by atoms with Gasteiger partial charge in [0.15, 0.2) is 17.2 Å². The first-order chi connectivity index (χ1) is 17.2. The summed E-state index contributed by atoms with van der Waals surface area (Å²) < 4.78 is 3.73. The van der Waals surface area contributed by atoms with Gasteiger partial charge in [-0.3, -0.25) is 4.79 Å². The average molecular weight is 485 g/mol. The van der Waals surface area contributed by atoms with Gasteiger partial charge in [-0.15, -0.1) is 0 Å². The summed E-state index contributed by atoms with van der Waals surface area (Å²) in [6, 6.07) is 6.52. The highest BCUT2D eigenvalue weighted by atomic mass is 16.1. The molecule has 0 saturated carbocycles. The Hall–Kier alpha value is -4.01. The molecule has 0 fully saturated rings. The fraction of sp³-hybridized carbons (Fsp3) is 0.370. The molecule has 1 aliphatic heterocycles. The van der Waals surface area contributed by atoms with Crippen LogP contribution in [-0.4, -0.2) is 47.9 Å². The van der Waals surface area contributed by atoms with Crippen LogP contribution in [0.15, 0.2) is 54.9 Å². The summed E-state index contributed by atoms with van der Waals surface area (Å²) in [4.78, 5) is 33.0. The van der Waals surface area contributed by atoms with Crippen molar-refractivity contribution >= 4 is 34.4 Å². The van der Waals surface area contributed by atoms with Crippen LogP contribution < -0.4 is 10.2 Å². The molecule has 9 nitrogen and oxygen atoms in total. The number of anilines is 3. The second-order valence-corrected chi connectivity index (χ2v) is 10.4. The lowest BCUT2D eigenvalue weighted by molar-refractivity contribution is -0.116. The number of fused-ring (bicyclic) bond motifs is 1. The molecule has 5 rings (SSSR count). The first-order valence-corrected chi connectivity index (χ1v) is 12.2. The third-order valence-electron chi connectivity index (χ3n) is 6.65. The monoisotopic (exact) mass is 484 g/mol. The third kappa shape index (κ3) is 4.73. The normalized spacial score (nSPS) is 14.2. The number of ketones is 1. The van der Waals surface area contributed by atoms with Crippen LogP contribution in [-0.2, 0) is 23.8 Å². The van der Waals surface area contributed by atoms with E-state index in [0.29, 0.717) is 37.7 Å². The molecule has 3 aromatic heterocycles. The number of nitrogens with one attached hydrogen (secondary N) is 1. The molecule has 36 heavy (non-hydrogen) atoms. The number of hydrogen-bond donors (Lipinski definition) is 1. The summed E-state index contributed by atoms with van der Waals surface area (Å²) in [5, 5.41) is 3.57. The van der Waals surface area contributed by atoms with Gasteiger partial charge in [0, 0.05) is 38.2 Å². The fourth-order valence-corrected chi connectivity index (χ4v) is 4.38. The maximum Gasteiger partial charge on any atom is 0.229 e. The van der Waals surface area contributed by atoms with Gasteiger partial charge in [-0.25, -0.2) is 9.97 Å². The molecule has 186 valence electrons. The second kappa shape index (κ2) is 9.22. The maximum absolute atomic E-state index is 12.7. The van der Waals surface area contributed by atoms with Gasteiger partial charge in [-0.05, 0) is 41.5 Å². The van der Waals surface area contributed by atoms with E-state index in [1.165, 1.54) is 5.56 Å². The van der Waals surface area contributed by atoms with Crippen molar-refractivity contribution in [2.24, 2.45) is 7.05 Å². The zero-order valence-electron chi connectivity index (χ0n) is 21.5. The Bertz CT molecular complexity index is 1440. The summed E-state index contributed by atoms with van der Waals surface area (Å²) in [5.74, 6) is 1.44. The lowest BCUT2D eigenvalue weighted by Gasteiger charge is -2.26. The van der Waals surface area contributed by atoms with Gasteiger partial charge in [0.25, 0.3) is 0 Å². The number of hydrogen-bond acceptors (Lipinski definition) is 7. The number of aryl methyl sites for hydroxylation is 2. The molecule has 4 heterocycles. The van der Waals surface area contributed by atoms with Gasteiger partial charge in [0.2, 0.25) is 5.95 Å². The van der Waals surface area contributed by atoms with Crippen molar-refractivity contribution in [1.29, 1.82) is 0 Å². The van der Waals surface area contributed by atoms with Gasteiger partial charge in [0.1, 0.15) is 5.52 Å². The van der Waals surface area contributed by atoms with Crippen LogP contribution in [0.4, 0.5) is 17.5 Å². The number of nitrogens with zero attached hydrogens (tertiary/aromatic N) is 7. The molecule has 0 saturated heterocycles. The second-order valence-electron chi connectivity index (χ2n) is 10.4. The van der Waals surface area contributed by atoms with Crippen LogP contribution >= 0.6 is 0 Å². The van der Waals surface area contributed by atoms with E-state index >= 15 is 0 Å². The van der Waals surface area contributed by atoms with Gasteiger partial charge in [-0.1, -0.05) is 39.0 Å². The number of aromatic nitrogens is 6. The van der Waals surface area contributed by atoms with Crippen LogP contribution in [0, 0.1) is 6.92 Å². The standard InChI is InChI=1S/C27H32N8O/c1-18-6-7-20(27(2,3)4)14-21(18)30-25-23-24(29-17-33(23)5)31-26(32-25)35-11-8-19(9-12-35)22(36)15-34-13-10-28-16-34/h6-8,10,13-14,16-17H,9,11-12,15H2,1-5H3,(H,30,31,32). The van der Waals surface area contributed by atoms with Crippen molar-refractivity contribution in [3.63, 3.8) is 0 Å². The molecule has 0 unspecified atom stereocenters. The van der Waals surface area contributed by atoms with Crippen molar-refractivity contribution < 1.29 is 4.79 Å². The Morgan fingerprint density at radius 3 is 2.69 bits per heavy atom. The predicted molar refractivity (Wildman–Crippen MR) is 142 cm³/mol. The van der Waals surface area contributed by atoms with E-state index in [2.05, 4.69) is 66.1 Å². The molecule has 0 atom stereocenters. The highest BCUT2D eigenvalue weighted by molar-refractivity contribution is 5.95. The maximum atomic E-state index is 12.7. The highest BCUT2D eigenvalue weighted by Gasteiger charge is 2.22. The van der Waals surface area contributed by atoms with Crippen LogP contribution in [0.2, 0.25) is 0 Å². The molecule has 0 radical (unpaired) electrons. The number of Topliss-reactive ketones (excluding diaryl/α,β-unsaturated/α-hetero) is 1. The molecule has 0 amide bonds. The molecule has 0 aliphatic carbocycles. The summed E-state index contributed by atoms with van der Waals surface area (Å²) in [6.45, 7) is 10.3. The van der Waals surface area contributed by atoms with E-state index in [1.807, 2.05) is 17.7 Å². The van der Waals surface area contributed by atoms with Crippen LogP contribution in [0.1, 0.15) is 38.3 Å². The van der Waals surface area contributed by atoms with Crippen LogP contribution in [0.5, 0.6) is 0 Å². The van der Waals surface area contributed by atoms with Gasteiger partial charge in [0.05, 0.1) is 19.2 Å². The first-order valence-electron chi connectivity index (χ1n) is 12.2. The molecular formula is C27H32N8O. The third-order valence-corrected chi connectivity index (χ3v) is 6.65. The summed E-state index contributed by atoms with van der Waals surface area (Å²) in [6.07, 6.45) is 9.54. The Balaban J connectivity index is 1.43. The molecule has 1 aromatic carbocycles. The number of benzene rings is 1. The first kappa shape index (κ1) is 23.7. The molecule has 1 N–H and O–H groups in total. The minimum atomic E-state index is 0.0377. The number of rotatable bonds is 6. The van der Waals surface area contributed by atoms with Crippen molar-refractivity contribution in [3.05, 3.63) is 66.0 Å². The van der Waals surface area contributed by atoms with E-state index in [1.54, 1.807) is 29.6 Å². The molecule has 9 heteroatoms. The van der Waals surface area contributed by atoms with Crippen LogP contribution in [0.25, 0.3) is 11.2 Å². The Morgan fingerprint density at radius 1 is 1.17 bits per heavy atom. The van der Waals surface area contributed by atoms with Crippen molar-refractivity contribution in [1.82, 2.24) is 29.1 Å². The largest absolute Gasteiger partial charge is 0.338 e. The highest BCUT2D eigenvalue weighted by Crippen LogP contribution is 2.31. The molecular weight excluding hydrogens is 452 g/mol. The molecule has 0 spiro atoms. The van der Waals surface area contributed by atoms with Crippen molar-refractivity contribution in [2.75, 3.05) is 23.3 Å². The SMILES string of the molecule is Cc1ccc(C(C)(C)C)cc1Nc1nc(N2CC=C(C(=O)Cn3ccnc3)CC2)nc2ncn(C)c12.